The Hall–Kier alpha value is -0.530. The quantitative estimate of drug-likeness (QED) is 0.474. The van der Waals surface area contributed by atoms with Crippen molar-refractivity contribution >= 4 is 5.91 Å². The molecule has 9 heavy (non-hydrogen) atoms. The second-order valence-corrected chi connectivity index (χ2v) is 3.01. The predicted molar refractivity (Wildman–Crippen MR) is 33.9 cm³/mol. The van der Waals surface area contributed by atoms with Gasteiger partial charge in [0.2, 0.25) is 5.91 Å². The van der Waals surface area contributed by atoms with E-state index in [-0.39, 0.29) is 0 Å². The van der Waals surface area contributed by atoms with E-state index in [1.807, 2.05) is 0 Å². The lowest BCUT2D eigenvalue weighted by atomic mass is 9.78. The highest BCUT2D eigenvalue weighted by Crippen LogP contribution is 2.30. The standard InChI is InChI=1S/C7H11NO/c9-7-5-3-1-2-4-6(5)8-7/h5-6H,1-4H2,(H,8,9). The maximum Gasteiger partial charge on any atom is 0.225 e. The van der Waals surface area contributed by atoms with E-state index in [1.165, 1.54) is 19.3 Å². The second-order valence-electron chi connectivity index (χ2n) is 3.01. The maximum atomic E-state index is 10.8. The molecule has 0 radical (unpaired) electrons. The van der Waals surface area contributed by atoms with E-state index < -0.39 is 0 Å². The van der Waals surface area contributed by atoms with Crippen LogP contribution in [0.2, 0.25) is 0 Å². The van der Waals surface area contributed by atoms with E-state index in [2.05, 4.69) is 5.32 Å². The number of carbonyl (C=O) groups is 1. The molecule has 2 aliphatic rings. The number of fused-ring (bicyclic) bond motifs is 1. The first-order chi connectivity index (χ1) is 4.38. The molecule has 0 aromatic heterocycles. The van der Waals surface area contributed by atoms with Gasteiger partial charge < -0.3 is 5.32 Å². The highest BCUT2D eigenvalue weighted by atomic mass is 16.2. The van der Waals surface area contributed by atoms with Gasteiger partial charge in [-0.25, -0.2) is 0 Å². The lowest BCUT2D eigenvalue weighted by molar-refractivity contribution is -0.136. The Morgan fingerprint density at radius 2 is 2.11 bits per heavy atom. The average molecular weight is 125 g/mol. The van der Waals surface area contributed by atoms with Crippen molar-refractivity contribution in [3.63, 3.8) is 0 Å². The van der Waals surface area contributed by atoms with Crippen molar-refractivity contribution in [2.24, 2.45) is 5.92 Å². The Bertz CT molecular complexity index is 144. The molecular formula is C7H11NO. The van der Waals surface area contributed by atoms with Gasteiger partial charge in [-0.3, -0.25) is 4.79 Å². The first kappa shape index (κ1) is 5.27. The summed E-state index contributed by atoms with van der Waals surface area (Å²) in [6.07, 6.45) is 4.92. The van der Waals surface area contributed by atoms with E-state index in [9.17, 15) is 4.79 Å². The van der Waals surface area contributed by atoms with Crippen LogP contribution >= 0.6 is 0 Å². The van der Waals surface area contributed by atoms with Gasteiger partial charge in [0, 0.05) is 6.04 Å². The molecule has 2 heteroatoms. The van der Waals surface area contributed by atoms with E-state index in [4.69, 9.17) is 0 Å². The third-order valence-electron chi connectivity index (χ3n) is 2.43. The van der Waals surface area contributed by atoms with E-state index in [0.29, 0.717) is 17.9 Å². The van der Waals surface area contributed by atoms with Crippen LogP contribution in [0.1, 0.15) is 25.7 Å². The van der Waals surface area contributed by atoms with Gasteiger partial charge in [-0.2, -0.15) is 0 Å². The van der Waals surface area contributed by atoms with Gasteiger partial charge in [0.05, 0.1) is 5.92 Å². The monoisotopic (exact) mass is 125 g/mol. The minimum Gasteiger partial charge on any atom is -0.352 e. The largest absolute Gasteiger partial charge is 0.352 e. The fourth-order valence-electron chi connectivity index (χ4n) is 1.81. The van der Waals surface area contributed by atoms with Gasteiger partial charge in [-0.15, -0.1) is 0 Å². The van der Waals surface area contributed by atoms with E-state index in [1.54, 1.807) is 0 Å². The fraction of sp³-hybridized carbons (Fsp3) is 0.857. The molecule has 2 nitrogen and oxygen atoms in total. The molecule has 2 atom stereocenters. The average Bonchev–Trinajstić information content (AvgIpc) is 1.86. The summed E-state index contributed by atoms with van der Waals surface area (Å²) in [5, 5.41) is 2.91. The van der Waals surface area contributed by atoms with E-state index >= 15 is 0 Å². The maximum absolute atomic E-state index is 10.8. The lowest BCUT2D eigenvalue weighted by Crippen LogP contribution is -2.59. The first-order valence-electron chi connectivity index (χ1n) is 3.68. The second kappa shape index (κ2) is 1.72. The minimum atomic E-state index is 0.291. The molecule has 1 aliphatic heterocycles. The molecule has 1 amide bonds. The summed E-state index contributed by atoms with van der Waals surface area (Å²) >= 11 is 0. The molecule has 1 heterocycles. The summed E-state index contributed by atoms with van der Waals surface area (Å²) in [7, 11) is 0. The molecule has 0 aromatic carbocycles. The number of nitrogens with one attached hydrogen (secondary N) is 1. The molecule has 0 spiro atoms. The van der Waals surface area contributed by atoms with Gasteiger partial charge in [0.25, 0.3) is 0 Å². The number of β-lactam (4-membered cyclic amide) rings is 1. The first-order valence-corrected chi connectivity index (χ1v) is 3.68. The van der Waals surface area contributed by atoms with Crippen LogP contribution in [0, 0.1) is 5.92 Å². The van der Waals surface area contributed by atoms with Gasteiger partial charge in [-0.05, 0) is 12.8 Å². The van der Waals surface area contributed by atoms with Crippen molar-refractivity contribution in [2.75, 3.05) is 0 Å². The zero-order valence-electron chi connectivity index (χ0n) is 5.39. The normalized spacial score (nSPS) is 40.7. The zero-order valence-corrected chi connectivity index (χ0v) is 5.39. The SMILES string of the molecule is O=C1NC2CCCCC12. The summed E-state index contributed by atoms with van der Waals surface area (Å²) in [5.74, 6) is 0.693. The molecular weight excluding hydrogens is 114 g/mol. The van der Waals surface area contributed by atoms with Crippen molar-refractivity contribution in [2.45, 2.75) is 31.7 Å². The predicted octanol–water partition coefficient (Wildman–Crippen LogP) is 0.675. The Balaban J connectivity index is 2.01. The molecule has 1 saturated heterocycles. The smallest absolute Gasteiger partial charge is 0.225 e. The summed E-state index contributed by atoms with van der Waals surface area (Å²) in [4.78, 5) is 10.8. The number of hydrogen-bond acceptors (Lipinski definition) is 1. The van der Waals surface area contributed by atoms with Crippen LogP contribution < -0.4 is 5.32 Å². The van der Waals surface area contributed by atoms with Crippen LogP contribution in [0.15, 0.2) is 0 Å². The summed E-state index contributed by atoms with van der Waals surface area (Å²) in [5.41, 5.74) is 0. The third-order valence-corrected chi connectivity index (χ3v) is 2.43. The van der Waals surface area contributed by atoms with Gasteiger partial charge in [0.15, 0.2) is 0 Å². The molecule has 1 saturated carbocycles. The number of rotatable bonds is 0. The Kier molecular flexibility index (Phi) is 1.01. The molecule has 50 valence electrons. The molecule has 2 fully saturated rings. The Labute approximate surface area is 54.6 Å². The molecule has 2 rings (SSSR count). The number of hydrogen-bond donors (Lipinski definition) is 1. The fourth-order valence-corrected chi connectivity index (χ4v) is 1.81. The molecule has 0 aromatic rings. The van der Waals surface area contributed by atoms with Crippen molar-refractivity contribution in [1.29, 1.82) is 0 Å². The van der Waals surface area contributed by atoms with Crippen LogP contribution in [0.25, 0.3) is 0 Å². The molecule has 2 unspecified atom stereocenters. The van der Waals surface area contributed by atoms with Crippen molar-refractivity contribution in [3.05, 3.63) is 0 Å². The van der Waals surface area contributed by atoms with Crippen LogP contribution in [0.4, 0.5) is 0 Å². The minimum absolute atomic E-state index is 0.291. The third kappa shape index (κ3) is 0.655. The topological polar surface area (TPSA) is 29.1 Å². The lowest BCUT2D eigenvalue weighted by Gasteiger charge is -2.40. The Morgan fingerprint density at radius 3 is 2.67 bits per heavy atom. The van der Waals surface area contributed by atoms with Crippen molar-refractivity contribution in [1.82, 2.24) is 5.32 Å². The number of carbonyl (C=O) groups excluding carboxylic acids is 1. The van der Waals surface area contributed by atoms with Crippen LogP contribution in [-0.4, -0.2) is 11.9 Å². The summed E-state index contributed by atoms with van der Waals surface area (Å²) in [6.45, 7) is 0. The Morgan fingerprint density at radius 1 is 1.33 bits per heavy atom. The van der Waals surface area contributed by atoms with Gasteiger partial charge in [0.1, 0.15) is 0 Å². The van der Waals surface area contributed by atoms with Gasteiger partial charge in [-0.1, -0.05) is 12.8 Å². The highest BCUT2D eigenvalue weighted by molar-refractivity contribution is 5.85. The van der Waals surface area contributed by atoms with Crippen molar-refractivity contribution < 1.29 is 4.79 Å². The van der Waals surface area contributed by atoms with Crippen molar-refractivity contribution in [3.8, 4) is 0 Å². The number of amides is 1. The van der Waals surface area contributed by atoms with Crippen LogP contribution in [0.3, 0.4) is 0 Å². The summed E-state index contributed by atoms with van der Waals surface area (Å²) < 4.78 is 0. The summed E-state index contributed by atoms with van der Waals surface area (Å²) in [6, 6.07) is 0.561. The van der Waals surface area contributed by atoms with Crippen LogP contribution in [-0.2, 0) is 4.79 Å². The molecule has 0 bridgehead atoms. The molecule has 1 N–H and O–H groups in total. The van der Waals surface area contributed by atoms with Crippen LogP contribution in [0.5, 0.6) is 0 Å². The molecule has 1 aliphatic carbocycles. The van der Waals surface area contributed by atoms with E-state index in [0.717, 1.165) is 6.42 Å². The highest BCUT2D eigenvalue weighted by Gasteiger charge is 2.39. The van der Waals surface area contributed by atoms with Gasteiger partial charge >= 0.3 is 0 Å². The zero-order chi connectivity index (χ0) is 6.27.